The van der Waals surface area contributed by atoms with E-state index in [-0.39, 0.29) is 40.6 Å². The molecule has 0 aromatic heterocycles. The first-order valence-electron chi connectivity index (χ1n) is 1.18. The van der Waals surface area contributed by atoms with Gasteiger partial charge >= 0.3 is 46.9 Å². The van der Waals surface area contributed by atoms with Crippen LogP contribution in [-0.4, -0.2) is 69.8 Å². The average Bonchev–Trinajstić information content (AvgIpc) is 1.25. The van der Waals surface area contributed by atoms with Crippen molar-refractivity contribution in [3.8, 4) is 0 Å². The maximum atomic E-state index is 8.74. The van der Waals surface area contributed by atoms with Crippen molar-refractivity contribution in [1.82, 2.24) is 0 Å². The second kappa shape index (κ2) is 11.7. The van der Waals surface area contributed by atoms with Crippen molar-refractivity contribution in [3.05, 3.63) is 0 Å². The summed E-state index contributed by atoms with van der Waals surface area (Å²) < 4.78 is 31.6. The van der Waals surface area contributed by atoms with Crippen LogP contribution in [0.15, 0.2) is 0 Å². The molecular weight excluding hydrogens is 196 g/mol. The molecule has 0 rings (SSSR count). The number of rotatable bonds is 0. The molecule has 9 heteroatoms. The molecule has 0 fully saturated rings. The van der Waals surface area contributed by atoms with Crippen molar-refractivity contribution in [3.63, 3.8) is 0 Å². The third-order valence-electron chi connectivity index (χ3n) is 0. The molecule has 0 spiro atoms. The molecule has 9 heavy (non-hydrogen) atoms. The fourth-order valence-corrected chi connectivity index (χ4v) is 0. The number of hydrogen-bond donors (Lipinski definition) is 4. The van der Waals surface area contributed by atoms with E-state index in [0.717, 1.165) is 0 Å². The summed E-state index contributed by atoms with van der Waals surface area (Å²) in [6.07, 6.45) is 0. The molecule has 0 bridgehead atoms. The molecule has 0 amide bonds. The average molecular weight is 202 g/mol. The van der Waals surface area contributed by atoms with Crippen LogP contribution in [0.5, 0.6) is 0 Å². The van der Waals surface area contributed by atoms with Crippen LogP contribution in [-0.2, 0) is 15.8 Å². The summed E-state index contributed by atoms with van der Waals surface area (Å²) in [7, 11) is -3.13. The van der Waals surface area contributed by atoms with Gasteiger partial charge in [0.1, 0.15) is 0 Å². The quantitative estimate of drug-likeness (QED) is 0.264. The summed E-state index contributed by atoms with van der Waals surface area (Å²) in [4.78, 5) is 14.3. The molecule has 0 heterocycles. The van der Waals surface area contributed by atoms with Gasteiger partial charge in [-0.05, 0) is 0 Å². The van der Waals surface area contributed by atoms with Gasteiger partial charge in [0.2, 0.25) is 0 Å². The van der Waals surface area contributed by atoms with Gasteiger partial charge in [-0.3, -0.25) is 13.6 Å². The van der Waals surface area contributed by atoms with Crippen molar-refractivity contribution in [2.75, 3.05) is 0 Å². The minimum atomic E-state index is -3.13. The Bertz CT molecular complexity index is 78.6. The topological polar surface area (TPSA) is 115 Å². The molecule has 0 atom stereocenters. The summed E-state index contributed by atoms with van der Waals surface area (Å²) in [6.45, 7) is 0. The molecule has 4 N–H and O–H groups in total. The Morgan fingerprint density at radius 1 is 1.33 bits per heavy atom. The van der Waals surface area contributed by atoms with E-state index in [9.17, 15) is 0 Å². The minimum absolute atomic E-state index is 0. The molecule has 0 aliphatic rings. The van der Waals surface area contributed by atoms with E-state index in [1.165, 1.54) is 0 Å². The normalized spacial score (nSPS) is 6.56. The van der Waals surface area contributed by atoms with E-state index in [2.05, 4.69) is 0 Å². The molecule has 0 aromatic carbocycles. The van der Waals surface area contributed by atoms with Crippen LogP contribution in [0.4, 0.5) is 0 Å². The van der Waals surface area contributed by atoms with E-state index < -0.39 is 20.5 Å². The Hall–Kier alpha value is 0.947. The second-order valence-corrected chi connectivity index (χ2v) is 1.54. The zero-order chi connectivity index (χ0) is 7.15. The predicted octanol–water partition coefficient (Wildman–Crippen LogP) is -2.09. The molecule has 0 saturated heterocycles. The summed E-state index contributed by atoms with van der Waals surface area (Å²) in [6, 6.07) is 0. The molecule has 0 radical (unpaired) electrons. The Balaban J connectivity index is -0.0000000171. The molecule has 0 aliphatic carbocycles. The Labute approximate surface area is 87.9 Å². The standard InChI is InChI=1S/Ca.H2O3S.H2O3Si.2H/c;2*1-4(2)3;;/h;(H2,1,2,3);1-2H;;/q+2;;;2*-1. The smallest absolute Gasteiger partial charge is 1.00 e. The third kappa shape index (κ3) is 482. The molecule has 0 aliphatic heterocycles. The van der Waals surface area contributed by atoms with Crippen molar-refractivity contribution < 1.29 is 30.2 Å². The summed E-state index contributed by atoms with van der Waals surface area (Å²) in [5.74, 6) is 0. The van der Waals surface area contributed by atoms with E-state index in [0.29, 0.717) is 0 Å². The molecule has 0 aromatic rings. The molecule has 0 unspecified atom stereocenters. The Kier molecular flexibility index (Phi) is 21.5. The Morgan fingerprint density at radius 2 is 1.33 bits per heavy atom. The van der Waals surface area contributed by atoms with Crippen molar-refractivity contribution >= 4 is 58.3 Å². The first-order chi connectivity index (χ1) is 3.46. The van der Waals surface area contributed by atoms with E-state index in [1.54, 1.807) is 0 Å². The van der Waals surface area contributed by atoms with Gasteiger partial charge in [0.15, 0.2) is 0 Å². The third-order valence-corrected chi connectivity index (χ3v) is 0. The fraction of sp³-hybridized carbons (Fsp3) is 0. The van der Waals surface area contributed by atoms with Crippen LogP contribution < -0.4 is 0 Å². The zero-order valence-corrected chi connectivity index (χ0v) is 8.25. The van der Waals surface area contributed by atoms with Crippen LogP contribution in [0.1, 0.15) is 2.85 Å². The molecule has 0 saturated carbocycles. The van der Waals surface area contributed by atoms with Crippen LogP contribution >= 0.6 is 0 Å². The maximum absolute atomic E-state index is 8.74. The zero-order valence-electron chi connectivity index (χ0n) is 6.22. The van der Waals surface area contributed by atoms with Crippen LogP contribution in [0.2, 0.25) is 0 Å². The van der Waals surface area contributed by atoms with Gasteiger partial charge in [-0.25, -0.2) is 0 Å². The van der Waals surface area contributed by atoms with Crippen LogP contribution in [0, 0.1) is 0 Å². The van der Waals surface area contributed by atoms with Crippen LogP contribution in [0.3, 0.4) is 0 Å². The van der Waals surface area contributed by atoms with Gasteiger partial charge in [0.05, 0.1) is 0 Å². The van der Waals surface area contributed by atoms with Gasteiger partial charge < -0.3 is 12.4 Å². The first-order valence-corrected chi connectivity index (χ1v) is 3.55. The molecular formula is H6CaO6SSi. The largest absolute Gasteiger partial charge is 2.00 e. The first kappa shape index (κ1) is 16.5. The predicted molar refractivity (Wildman–Crippen MR) is 32.3 cm³/mol. The van der Waals surface area contributed by atoms with E-state index in [4.69, 9.17) is 27.4 Å². The van der Waals surface area contributed by atoms with Gasteiger partial charge in [-0.15, -0.1) is 0 Å². The maximum Gasteiger partial charge on any atom is 2.00 e. The summed E-state index contributed by atoms with van der Waals surface area (Å²) >= 11 is -2.61. The van der Waals surface area contributed by atoms with Crippen molar-refractivity contribution in [1.29, 1.82) is 0 Å². The summed E-state index contributed by atoms with van der Waals surface area (Å²) in [5, 5.41) is 0. The van der Waals surface area contributed by atoms with Gasteiger partial charge in [0.25, 0.3) is 11.4 Å². The van der Waals surface area contributed by atoms with Crippen molar-refractivity contribution in [2.45, 2.75) is 0 Å². The van der Waals surface area contributed by atoms with Gasteiger partial charge in [-0.1, -0.05) is 0 Å². The molecule has 54 valence electrons. The van der Waals surface area contributed by atoms with Gasteiger partial charge in [0, 0.05) is 0 Å². The van der Waals surface area contributed by atoms with Gasteiger partial charge in [-0.2, -0.15) is 4.21 Å². The minimum Gasteiger partial charge on any atom is -1.00 e. The van der Waals surface area contributed by atoms with E-state index in [1.807, 2.05) is 0 Å². The molecule has 6 nitrogen and oxygen atoms in total. The summed E-state index contributed by atoms with van der Waals surface area (Å²) in [5.41, 5.74) is 0. The van der Waals surface area contributed by atoms with E-state index >= 15 is 0 Å². The second-order valence-electron chi connectivity index (χ2n) is 0.513. The fourth-order valence-electron chi connectivity index (χ4n) is 0. The van der Waals surface area contributed by atoms with Crippen molar-refractivity contribution in [2.24, 2.45) is 0 Å². The van der Waals surface area contributed by atoms with Crippen LogP contribution in [0.25, 0.3) is 0 Å². The SMILES string of the molecule is O=S(O)O.O=[Si](O)O.[Ca+2].[H-].[H-]. The number of hydrogen-bond acceptors (Lipinski definition) is 2. The Morgan fingerprint density at radius 3 is 1.33 bits per heavy atom. The monoisotopic (exact) mass is 202 g/mol.